The Labute approximate surface area is 232 Å². The van der Waals surface area contributed by atoms with Crippen LogP contribution in [-0.4, -0.2) is 41.0 Å². The first-order chi connectivity index (χ1) is 17.7. The number of halogens is 1. The van der Waals surface area contributed by atoms with Crippen molar-refractivity contribution in [2.75, 3.05) is 11.9 Å². The van der Waals surface area contributed by atoms with Gasteiger partial charge in [-0.1, -0.05) is 74.3 Å². The van der Waals surface area contributed by atoms with Gasteiger partial charge in [-0.05, 0) is 70.6 Å². The molecule has 0 aliphatic rings. The molecule has 2 N–H and O–H groups in total. The van der Waals surface area contributed by atoms with Gasteiger partial charge in [-0.15, -0.1) is 0 Å². The molecule has 0 aromatic heterocycles. The lowest BCUT2D eigenvalue weighted by Crippen LogP contribution is -2.53. The zero-order valence-electron chi connectivity index (χ0n) is 23.9. The van der Waals surface area contributed by atoms with Crippen molar-refractivity contribution >= 4 is 35.2 Å². The molecule has 0 heterocycles. The van der Waals surface area contributed by atoms with E-state index in [2.05, 4.69) is 10.6 Å². The second-order valence-electron chi connectivity index (χ2n) is 11.1. The molecular formula is C30H42ClN3O4. The molecule has 3 amide bonds. The Kier molecular flexibility index (Phi) is 11.2. The summed E-state index contributed by atoms with van der Waals surface area (Å²) >= 11 is 6.41. The molecule has 38 heavy (non-hydrogen) atoms. The van der Waals surface area contributed by atoms with Crippen LogP contribution in [-0.2, 0) is 14.3 Å². The summed E-state index contributed by atoms with van der Waals surface area (Å²) in [5.41, 5.74) is 2.31. The molecule has 0 fully saturated rings. The van der Waals surface area contributed by atoms with Crippen LogP contribution in [0.15, 0.2) is 42.5 Å². The first-order valence-corrected chi connectivity index (χ1v) is 13.5. The van der Waals surface area contributed by atoms with Crippen LogP contribution in [0.4, 0.5) is 10.5 Å². The number of nitrogens with one attached hydrogen (secondary N) is 2. The molecule has 2 atom stereocenters. The van der Waals surface area contributed by atoms with Crippen LogP contribution in [0, 0.1) is 19.8 Å². The molecule has 0 aliphatic heterocycles. The van der Waals surface area contributed by atoms with Gasteiger partial charge in [0, 0.05) is 6.54 Å². The number of para-hydroxylation sites is 1. The third-order valence-electron chi connectivity index (χ3n) is 5.87. The summed E-state index contributed by atoms with van der Waals surface area (Å²) in [6.07, 6.45) is 0.341. The van der Waals surface area contributed by atoms with Crippen molar-refractivity contribution in [3.8, 4) is 0 Å². The lowest BCUT2D eigenvalue weighted by Gasteiger charge is -2.35. The van der Waals surface area contributed by atoms with Crippen LogP contribution >= 0.6 is 11.6 Å². The van der Waals surface area contributed by atoms with Crippen molar-refractivity contribution in [2.45, 2.75) is 85.9 Å². The Bertz CT molecular complexity index is 1090. The van der Waals surface area contributed by atoms with Gasteiger partial charge in [0.25, 0.3) is 5.91 Å². The highest BCUT2D eigenvalue weighted by molar-refractivity contribution is 6.34. The lowest BCUT2D eigenvalue weighted by molar-refractivity contribution is -0.141. The lowest BCUT2D eigenvalue weighted by atomic mass is 9.98. The van der Waals surface area contributed by atoms with Crippen molar-refractivity contribution in [3.63, 3.8) is 0 Å². The van der Waals surface area contributed by atoms with Crippen LogP contribution in [0.3, 0.4) is 0 Å². The highest BCUT2D eigenvalue weighted by Gasteiger charge is 2.36. The van der Waals surface area contributed by atoms with Crippen LogP contribution < -0.4 is 10.6 Å². The number of nitrogens with zero attached hydrogens (tertiary/aromatic N) is 1. The number of hydrogen-bond acceptors (Lipinski definition) is 4. The third kappa shape index (κ3) is 9.05. The Morgan fingerprint density at radius 1 is 1.03 bits per heavy atom. The first-order valence-electron chi connectivity index (χ1n) is 13.2. The van der Waals surface area contributed by atoms with Gasteiger partial charge in [0.1, 0.15) is 17.7 Å². The van der Waals surface area contributed by atoms with E-state index < -0.39 is 23.8 Å². The van der Waals surface area contributed by atoms with Crippen molar-refractivity contribution < 1.29 is 19.1 Å². The second-order valence-corrected chi connectivity index (χ2v) is 11.5. The number of carbonyl (C=O) groups is 3. The molecule has 0 spiro atoms. The van der Waals surface area contributed by atoms with E-state index in [1.54, 1.807) is 31.7 Å². The van der Waals surface area contributed by atoms with E-state index >= 15 is 0 Å². The van der Waals surface area contributed by atoms with Gasteiger partial charge in [0.05, 0.1) is 10.7 Å². The number of anilines is 1. The molecule has 0 saturated heterocycles. The minimum absolute atomic E-state index is 0.111. The largest absolute Gasteiger partial charge is 0.444 e. The van der Waals surface area contributed by atoms with Crippen molar-refractivity contribution in [1.29, 1.82) is 0 Å². The minimum atomic E-state index is -0.936. The zero-order chi connectivity index (χ0) is 28.6. The van der Waals surface area contributed by atoms with Crippen LogP contribution in [0.5, 0.6) is 0 Å². The number of amides is 3. The third-order valence-corrected chi connectivity index (χ3v) is 6.18. The number of carbonyl (C=O) groups excluding carboxylic acids is 3. The molecular weight excluding hydrogens is 502 g/mol. The van der Waals surface area contributed by atoms with E-state index in [0.717, 1.165) is 11.1 Å². The second kappa shape index (κ2) is 13.7. The SMILES string of the molecule is CCCN(C(=O)C(CC(C)C)NC(=O)OC(C)(C)C)C(C(=O)Nc1c(C)cccc1Cl)c1ccc(C)cc1. The fraction of sp³-hybridized carbons (Fsp3) is 0.500. The number of alkyl carbamates (subject to hydrolysis) is 1. The maximum Gasteiger partial charge on any atom is 0.408 e. The zero-order valence-corrected chi connectivity index (χ0v) is 24.6. The van der Waals surface area contributed by atoms with Crippen LogP contribution in [0.1, 0.15) is 77.1 Å². The Morgan fingerprint density at radius 2 is 1.66 bits per heavy atom. The van der Waals surface area contributed by atoms with Crippen LogP contribution in [0.25, 0.3) is 0 Å². The Hall–Kier alpha value is -3.06. The highest BCUT2D eigenvalue weighted by atomic mass is 35.5. The monoisotopic (exact) mass is 543 g/mol. The molecule has 2 aromatic rings. The highest BCUT2D eigenvalue weighted by Crippen LogP contribution is 2.30. The summed E-state index contributed by atoms with van der Waals surface area (Å²) in [7, 11) is 0. The molecule has 0 aliphatic carbocycles. The number of ether oxygens (including phenoxy) is 1. The van der Waals surface area contributed by atoms with E-state index in [9.17, 15) is 14.4 Å². The summed E-state index contributed by atoms with van der Waals surface area (Å²) in [4.78, 5) is 42.2. The average Bonchev–Trinajstić information content (AvgIpc) is 2.80. The van der Waals surface area contributed by atoms with Gasteiger partial charge in [-0.3, -0.25) is 9.59 Å². The maximum absolute atomic E-state index is 14.1. The molecule has 208 valence electrons. The molecule has 0 bridgehead atoms. The summed E-state index contributed by atoms with van der Waals surface area (Å²) in [5, 5.41) is 6.14. The van der Waals surface area contributed by atoms with Gasteiger partial charge in [-0.2, -0.15) is 0 Å². The smallest absolute Gasteiger partial charge is 0.408 e. The van der Waals surface area contributed by atoms with Gasteiger partial charge >= 0.3 is 6.09 Å². The van der Waals surface area contributed by atoms with Crippen LogP contribution in [0.2, 0.25) is 5.02 Å². The predicted molar refractivity (Wildman–Crippen MR) is 153 cm³/mol. The summed E-state index contributed by atoms with van der Waals surface area (Å²) < 4.78 is 5.44. The molecule has 7 nitrogen and oxygen atoms in total. The van der Waals surface area contributed by atoms with Gasteiger partial charge in [0.15, 0.2) is 0 Å². The number of hydrogen-bond donors (Lipinski definition) is 2. The number of aryl methyl sites for hydroxylation is 2. The molecule has 0 saturated carbocycles. The Morgan fingerprint density at radius 3 is 2.18 bits per heavy atom. The topological polar surface area (TPSA) is 87.7 Å². The van der Waals surface area contributed by atoms with Crippen molar-refractivity contribution in [3.05, 3.63) is 64.2 Å². The summed E-state index contributed by atoms with van der Waals surface area (Å²) in [6.45, 7) is 15.3. The van der Waals surface area contributed by atoms with Gasteiger partial charge in [0.2, 0.25) is 5.91 Å². The maximum atomic E-state index is 14.1. The quantitative estimate of drug-likeness (QED) is 0.344. The normalized spacial score (nSPS) is 13.0. The fourth-order valence-corrected chi connectivity index (χ4v) is 4.42. The fourth-order valence-electron chi connectivity index (χ4n) is 4.15. The average molecular weight is 544 g/mol. The van der Waals surface area contributed by atoms with Crippen molar-refractivity contribution in [1.82, 2.24) is 10.2 Å². The summed E-state index contributed by atoms with van der Waals surface area (Å²) in [6, 6.07) is 11.1. The van der Waals surface area contributed by atoms with Gasteiger partial charge in [-0.25, -0.2) is 4.79 Å². The standard InChI is InChI=1S/C30H42ClN3O4/c1-9-17-34(28(36)24(18-19(2)3)32-29(37)38-30(6,7)8)26(22-15-13-20(4)14-16-22)27(35)33-25-21(5)11-10-12-23(25)31/h10-16,19,24,26H,9,17-18H2,1-8H3,(H,32,37)(H,33,35). The van der Waals surface area contributed by atoms with E-state index in [-0.39, 0.29) is 17.7 Å². The first kappa shape index (κ1) is 31.2. The summed E-state index contributed by atoms with van der Waals surface area (Å²) in [5.74, 6) is -0.616. The van der Waals surface area contributed by atoms with E-state index in [0.29, 0.717) is 35.7 Å². The molecule has 2 rings (SSSR count). The van der Waals surface area contributed by atoms with E-state index in [1.165, 1.54) is 0 Å². The number of rotatable bonds is 10. The van der Waals surface area contributed by atoms with Crippen molar-refractivity contribution in [2.24, 2.45) is 5.92 Å². The van der Waals surface area contributed by atoms with Gasteiger partial charge < -0.3 is 20.3 Å². The predicted octanol–water partition coefficient (Wildman–Crippen LogP) is 6.81. The van der Waals surface area contributed by atoms with E-state index in [4.69, 9.17) is 16.3 Å². The minimum Gasteiger partial charge on any atom is -0.444 e. The number of benzene rings is 2. The molecule has 0 radical (unpaired) electrons. The van der Waals surface area contributed by atoms with E-state index in [1.807, 2.05) is 71.0 Å². The molecule has 8 heteroatoms. The molecule has 2 unspecified atom stereocenters. The Balaban J connectivity index is 2.52. The molecule has 2 aromatic carbocycles.